The van der Waals surface area contributed by atoms with Crippen molar-refractivity contribution in [1.82, 2.24) is 9.97 Å². The van der Waals surface area contributed by atoms with E-state index in [-0.39, 0.29) is 0 Å². The third-order valence-corrected chi connectivity index (χ3v) is 3.25. The van der Waals surface area contributed by atoms with Crippen LogP contribution >= 0.6 is 11.3 Å². The van der Waals surface area contributed by atoms with Crippen molar-refractivity contribution in [3.63, 3.8) is 0 Å². The Hall–Kier alpha value is -2.28. The second kappa shape index (κ2) is 6.05. The summed E-state index contributed by atoms with van der Waals surface area (Å²) in [4.78, 5) is 20.2. The standard InChI is InChI=1S/C12H12N4O2S/c1-8-10(11(17)18-2)19-12(15-8)16-14-7-9-5-3-4-6-13-9/h3-7H,1-2H3,(H,15,16)/b14-7-. The summed E-state index contributed by atoms with van der Waals surface area (Å²) in [7, 11) is 1.34. The van der Waals surface area contributed by atoms with Crippen molar-refractivity contribution in [2.75, 3.05) is 12.5 Å². The molecule has 0 aliphatic rings. The number of hydrazone groups is 1. The zero-order valence-corrected chi connectivity index (χ0v) is 11.3. The molecule has 0 spiro atoms. The van der Waals surface area contributed by atoms with Crippen molar-refractivity contribution in [2.45, 2.75) is 6.92 Å². The van der Waals surface area contributed by atoms with Gasteiger partial charge in [0.15, 0.2) is 0 Å². The van der Waals surface area contributed by atoms with E-state index in [4.69, 9.17) is 0 Å². The summed E-state index contributed by atoms with van der Waals surface area (Å²) in [6.07, 6.45) is 3.26. The van der Waals surface area contributed by atoms with Crippen LogP contribution < -0.4 is 5.43 Å². The highest BCUT2D eigenvalue weighted by molar-refractivity contribution is 7.17. The molecule has 0 amide bonds. The van der Waals surface area contributed by atoms with Crippen molar-refractivity contribution in [3.8, 4) is 0 Å². The molecule has 7 heteroatoms. The molecule has 2 aromatic heterocycles. The molecule has 6 nitrogen and oxygen atoms in total. The van der Waals surface area contributed by atoms with Crippen LogP contribution in [0.25, 0.3) is 0 Å². The van der Waals surface area contributed by atoms with E-state index in [9.17, 15) is 4.79 Å². The number of esters is 1. The summed E-state index contributed by atoms with van der Waals surface area (Å²) < 4.78 is 4.66. The average Bonchev–Trinajstić information content (AvgIpc) is 2.80. The fourth-order valence-corrected chi connectivity index (χ4v) is 2.17. The maximum atomic E-state index is 11.4. The van der Waals surface area contributed by atoms with Gasteiger partial charge in [-0.25, -0.2) is 9.78 Å². The number of aryl methyl sites for hydroxylation is 1. The minimum Gasteiger partial charge on any atom is -0.465 e. The Kier molecular flexibility index (Phi) is 4.19. The molecular formula is C12H12N4O2S. The molecule has 2 heterocycles. The SMILES string of the molecule is COC(=O)c1sc(N/N=C\c2ccccn2)nc1C. The topological polar surface area (TPSA) is 76.5 Å². The van der Waals surface area contributed by atoms with Crippen LogP contribution in [-0.2, 0) is 4.74 Å². The summed E-state index contributed by atoms with van der Waals surface area (Å²) in [5.74, 6) is -0.392. The van der Waals surface area contributed by atoms with Gasteiger partial charge >= 0.3 is 5.97 Å². The molecule has 19 heavy (non-hydrogen) atoms. The molecule has 0 fully saturated rings. The van der Waals surface area contributed by atoms with Gasteiger partial charge in [0.1, 0.15) is 4.88 Å². The van der Waals surface area contributed by atoms with Crippen LogP contribution in [0, 0.1) is 6.92 Å². The molecule has 0 radical (unpaired) electrons. The van der Waals surface area contributed by atoms with Crippen LogP contribution in [0.2, 0.25) is 0 Å². The molecule has 0 atom stereocenters. The number of aromatic nitrogens is 2. The number of ether oxygens (including phenoxy) is 1. The van der Waals surface area contributed by atoms with E-state index in [1.165, 1.54) is 18.4 Å². The monoisotopic (exact) mass is 276 g/mol. The third kappa shape index (κ3) is 3.35. The second-order valence-electron chi connectivity index (χ2n) is 3.55. The van der Waals surface area contributed by atoms with E-state index in [0.717, 1.165) is 5.69 Å². The van der Waals surface area contributed by atoms with Gasteiger partial charge in [-0.2, -0.15) is 5.10 Å². The highest BCUT2D eigenvalue weighted by Crippen LogP contribution is 2.22. The number of anilines is 1. The minimum atomic E-state index is -0.392. The first-order valence-corrected chi connectivity index (χ1v) is 6.28. The quantitative estimate of drug-likeness (QED) is 0.525. The normalized spacial score (nSPS) is 10.6. The zero-order chi connectivity index (χ0) is 13.7. The van der Waals surface area contributed by atoms with Gasteiger partial charge in [-0.3, -0.25) is 10.4 Å². The Labute approximate surface area is 114 Å². The van der Waals surface area contributed by atoms with E-state index in [1.807, 2.05) is 18.2 Å². The molecule has 0 aliphatic heterocycles. The van der Waals surface area contributed by atoms with Crippen LogP contribution in [0.3, 0.4) is 0 Å². The second-order valence-corrected chi connectivity index (χ2v) is 4.55. The molecule has 0 aliphatic carbocycles. The predicted octanol–water partition coefficient (Wildman–Crippen LogP) is 2.08. The number of nitrogens with one attached hydrogen (secondary N) is 1. The summed E-state index contributed by atoms with van der Waals surface area (Å²) in [5.41, 5.74) is 4.11. The highest BCUT2D eigenvalue weighted by Gasteiger charge is 2.15. The lowest BCUT2D eigenvalue weighted by Gasteiger charge is -1.93. The molecule has 0 unspecified atom stereocenters. The van der Waals surface area contributed by atoms with Crippen LogP contribution in [0.1, 0.15) is 21.1 Å². The number of pyridine rings is 1. The molecule has 0 saturated carbocycles. The summed E-state index contributed by atoms with van der Waals surface area (Å²) >= 11 is 1.20. The molecular weight excluding hydrogens is 264 g/mol. The summed E-state index contributed by atoms with van der Waals surface area (Å²) in [6, 6.07) is 5.53. The first-order valence-electron chi connectivity index (χ1n) is 5.46. The van der Waals surface area contributed by atoms with Gasteiger partial charge in [0.2, 0.25) is 5.13 Å². The fraction of sp³-hybridized carbons (Fsp3) is 0.167. The minimum absolute atomic E-state index is 0.392. The Morgan fingerprint density at radius 3 is 3.05 bits per heavy atom. The van der Waals surface area contributed by atoms with E-state index in [1.54, 1.807) is 19.3 Å². The van der Waals surface area contributed by atoms with Gasteiger partial charge in [0, 0.05) is 6.20 Å². The first-order chi connectivity index (χ1) is 9.20. The third-order valence-electron chi connectivity index (χ3n) is 2.21. The molecule has 2 rings (SSSR count). The van der Waals surface area contributed by atoms with Gasteiger partial charge < -0.3 is 4.74 Å². The Morgan fingerprint density at radius 1 is 1.53 bits per heavy atom. The van der Waals surface area contributed by atoms with Crippen LogP contribution in [-0.4, -0.2) is 29.3 Å². The highest BCUT2D eigenvalue weighted by atomic mass is 32.1. The number of hydrogen-bond donors (Lipinski definition) is 1. The molecule has 1 N–H and O–H groups in total. The van der Waals surface area contributed by atoms with Crippen molar-refractivity contribution in [1.29, 1.82) is 0 Å². The number of methoxy groups -OCH3 is 1. The lowest BCUT2D eigenvalue weighted by atomic mass is 10.4. The molecule has 0 saturated heterocycles. The summed E-state index contributed by atoms with van der Waals surface area (Å²) in [6.45, 7) is 1.75. The number of rotatable bonds is 4. The fourth-order valence-electron chi connectivity index (χ4n) is 1.33. The van der Waals surface area contributed by atoms with E-state index in [0.29, 0.717) is 15.7 Å². The van der Waals surface area contributed by atoms with Gasteiger partial charge in [-0.1, -0.05) is 17.4 Å². The number of nitrogens with zero attached hydrogens (tertiary/aromatic N) is 3. The zero-order valence-electron chi connectivity index (χ0n) is 10.5. The molecule has 2 aromatic rings. The lowest BCUT2D eigenvalue weighted by Crippen LogP contribution is -1.99. The van der Waals surface area contributed by atoms with Crippen LogP contribution in [0.4, 0.5) is 5.13 Å². The Bertz CT molecular complexity index is 595. The van der Waals surface area contributed by atoms with Gasteiger partial charge in [0.25, 0.3) is 0 Å². The van der Waals surface area contributed by atoms with E-state index >= 15 is 0 Å². The van der Waals surface area contributed by atoms with Crippen molar-refractivity contribution in [2.24, 2.45) is 5.10 Å². The number of carbonyl (C=O) groups is 1. The molecule has 0 aromatic carbocycles. The van der Waals surface area contributed by atoms with Crippen LogP contribution in [0.5, 0.6) is 0 Å². The number of thiazole rings is 1. The number of hydrogen-bond acceptors (Lipinski definition) is 7. The first kappa shape index (κ1) is 13.2. The summed E-state index contributed by atoms with van der Waals surface area (Å²) in [5, 5.41) is 4.54. The van der Waals surface area contributed by atoms with Crippen LogP contribution in [0.15, 0.2) is 29.5 Å². The van der Waals surface area contributed by atoms with Gasteiger partial charge in [-0.05, 0) is 19.1 Å². The smallest absolute Gasteiger partial charge is 0.350 e. The lowest BCUT2D eigenvalue weighted by molar-refractivity contribution is 0.0605. The predicted molar refractivity (Wildman–Crippen MR) is 73.6 cm³/mol. The molecule has 98 valence electrons. The van der Waals surface area contributed by atoms with E-state index < -0.39 is 5.97 Å². The largest absolute Gasteiger partial charge is 0.465 e. The average molecular weight is 276 g/mol. The van der Waals surface area contributed by atoms with Crippen molar-refractivity contribution < 1.29 is 9.53 Å². The molecule has 0 bridgehead atoms. The Balaban J connectivity index is 2.04. The van der Waals surface area contributed by atoms with Gasteiger partial charge in [-0.15, -0.1) is 0 Å². The maximum absolute atomic E-state index is 11.4. The van der Waals surface area contributed by atoms with Crippen molar-refractivity contribution >= 4 is 28.7 Å². The van der Waals surface area contributed by atoms with Crippen molar-refractivity contribution in [3.05, 3.63) is 40.7 Å². The van der Waals surface area contributed by atoms with Gasteiger partial charge in [0.05, 0.1) is 24.7 Å². The number of carbonyl (C=O) groups excluding carboxylic acids is 1. The maximum Gasteiger partial charge on any atom is 0.350 e. The Morgan fingerprint density at radius 2 is 2.37 bits per heavy atom. The van der Waals surface area contributed by atoms with E-state index in [2.05, 4.69) is 25.2 Å².